The van der Waals surface area contributed by atoms with E-state index in [1.807, 2.05) is 40.7 Å². The first-order valence-corrected chi connectivity index (χ1v) is 12.6. The molecule has 1 saturated heterocycles. The highest BCUT2D eigenvalue weighted by Crippen LogP contribution is 2.64. The minimum atomic E-state index is -3.75. The van der Waals surface area contributed by atoms with Gasteiger partial charge in [-0.15, -0.1) is 0 Å². The van der Waals surface area contributed by atoms with Crippen molar-refractivity contribution >= 4 is 25.1 Å². The Hall–Kier alpha value is -1.79. The zero-order valence-electron chi connectivity index (χ0n) is 20.0. The van der Waals surface area contributed by atoms with Gasteiger partial charge >= 0.3 is 7.60 Å². The molecule has 176 valence electrons. The van der Waals surface area contributed by atoms with Crippen LogP contribution in [-0.4, -0.2) is 36.7 Å². The molecule has 0 N–H and O–H groups in total. The normalized spacial score (nSPS) is 25.7. The van der Waals surface area contributed by atoms with E-state index in [4.69, 9.17) is 13.8 Å². The first-order chi connectivity index (χ1) is 14.9. The van der Waals surface area contributed by atoms with Gasteiger partial charge in [0, 0.05) is 0 Å². The van der Waals surface area contributed by atoms with Crippen LogP contribution >= 0.6 is 7.60 Å². The molecule has 8 heteroatoms. The molecule has 0 radical (unpaired) electrons. The van der Waals surface area contributed by atoms with Crippen molar-refractivity contribution in [3.8, 4) is 0 Å². The minimum Gasteiger partial charge on any atom is -0.367 e. The molecule has 32 heavy (non-hydrogen) atoms. The van der Waals surface area contributed by atoms with E-state index < -0.39 is 36.6 Å². The summed E-state index contributed by atoms with van der Waals surface area (Å²) in [6.07, 6.45) is 0.859. The maximum absolute atomic E-state index is 13.9. The van der Waals surface area contributed by atoms with Gasteiger partial charge in [0.1, 0.15) is 6.10 Å². The van der Waals surface area contributed by atoms with E-state index in [1.54, 1.807) is 44.2 Å². The quantitative estimate of drug-likeness (QED) is 0.410. The number of ether oxygens (including phenoxy) is 1. The molecule has 0 saturated carbocycles. The van der Waals surface area contributed by atoms with Crippen LogP contribution in [0.1, 0.15) is 48.5 Å². The third kappa shape index (κ3) is 4.49. The number of rotatable bonds is 7. The Kier molecular flexibility index (Phi) is 6.88. The number of fused-ring (bicyclic) bond motifs is 1. The van der Waals surface area contributed by atoms with E-state index in [0.717, 1.165) is 0 Å². The van der Waals surface area contributed by atoms with Crippen LogP contribution < -0.4 is 4.90 Å². The molecule has 7 nitrogen and oxygen atoms in total. The monoisotopic (exact) mass is 463 g/mol. The Balaban J connectivity index is 2.19. The lowest BCUT2D eigenvalue weighted by molar-refractivity contribution is -0.136. The van der Waals surface area contributed by atoms with E-state index in [2.05, 4.69) is 0 Å². The smallest absolute Gasteiger partial charge is 0.359 e. The van der Waals surface area contributed by atoms with Crippen molar-refractivity contribution in [3.05, 3.63) is 41.7 Å². The molecule has 1 aromatic rings. The van der Waals surface area contributed by atoms with E-state index in [-0.39, 0.29) is 25.0 Å². The summed E-state index contributed by atoms with van der Waals surface area (Å²) in [6.45, 7) is 13.2. The highest BCUT2D eigenvalue weighted by atomic mass is 31.2. The lowest BCUT2D eigenvalue weighted by atomic mass is 9.67. The topological polar surface area (TPSA) is 82.1 Å². The highest BCUT2D eigenvalue weighted by molar-refractivity contribution is 7.58. The van der Waals surface area contributed by atoms with Crippen molar-refractivity contribution in [3.63, 3.8) is 0 Å². The Labute approximate surface area is 190 Å². The molecule has 1 fully saturated rings. The average Bonchev–Trinajstić information content (AvgIpc) is 2.95. The number of amides is 2. The zero-order chi connectivity index (χ0) is 23.9. The Morgan fingerprint density at radius 3 is 2.06 bits per heavy atom. The summed E-state index contributed by atoms with van der Waals surface area (Å²) in [6, 6.07) is 8.87. The summed E-state index contributed by atoms with van der Waals surface area (Å²) in [5.74, 6) is -2.15. The molecule has 1 aromatic carbocycles. The van der Waals surface area contributed by atoms with Gasteiger partial charge in [0.15, 0.2) is 0 Å². The summed E-state index contributed by atoms with van der Waals surface area (Å²) in [4.78, 5) is 28.6. The molecule has 0 bridgehead atoms. The van der Waals surface area contributed by atoms with Gasteiger partial charge < -0.3 is 13.8 Å². The summed E-state index contributed by atoms with van der Waals surface area (Å²) in [5.41, 5.74) is -0.915. The number of benzene rings is 1. The second-order valence-corrected chi connectivity index (χ2v) is 11.8. The predicted octanol–water partition coefficient (Wildman–Crippen LogP) is 5.17. The molecule has 3 rings (SSSR count). The molecule has 0 unspecified atom stereocenters. The van der Waals surface area contributed by atoms with Crippen molar-refractivity contribution in [2.24, 2.45) is 17.3 Å². The lowest BCUT2D eigenvalue weighted by Gasteiger charge is -2.43. The van der Waals surface area contributed by atoms with Crippen LogP contribution in [0.25, 0.3) is 0 Å². The van der Waals surface area contributed by atoms with E-state index >= 15 is 0 Å². The summed E-state index contributed by atoms with van der Waals surface area (Å²) >= 11 is 0. The van der Waals surface area contributed by atoms with Crippen molar-refractivity contribution in [2.45, 2.75) is 60.2 Å². The summed E-state index contributed by atoms with van der Waals surface area (Å²) in [7, 11) is -3.75. The molecule has 0 spiro atoms. The van der Waals surface area contributed by atoms with Gasteiger partial charge in [-0.05, 0) is 52.2 Å². The van der Waals surface area contributed by atoms with Crippen LogP contribution in [-0.2, 0) is 27.9 Å². The first kappa shape index (κ1) is 24.8. The molecule has 3 atom stereocenters. The number of carbonyl (C=O) groups excluding carboxylic acids is 2. The summed E-state index contributed by atoms with van der Waals surface area (Å²) in [5, 5.41) is 0.318. The minimum absolute atomic E-state index is 0.175. The van der Waals surface area contributed by atoms with Crippen LogP contribution in [0.15, 0.2) is 41.7 Å². The van der Waals surface area contributed by atoms with Crippen LogP contribution in [0.5, 0.6) is 0 Å². The number of nitrogens with zero attached hydrogens (tertiary/aromatic N) is 1. The molecular formula is C24H34NO6P. The third-order valence-electron chi connectivity index (χ3n) is 5.70. The van der Waals surface area contributed by atoms with Crippen LogP contribution in [0, 0.1) is 17.3 Å². The van der Waals surface area contributed by atoms with E-state index in [0.29, 0.717) is 11.0 Å². The van der Waals surface area contributed by atoms with E-state index in [9.17, 15) is 14.2 Å². The van der Waals surface area contributed by atoms with Gasteiger partial charge in [-0.3, -0.25) is 14.2 Å². The third-order valence-corrected chi connectivity index (χ3v) is 7.91. The molecular weight excluding hydrogens is 429 g/mol. The predicted molar refractivity (Wildman–Crippen MR) is 123 cm³/mol. The SMILES string of the molecule is CCOP(=O)(OCC)C1=CC(C)(C)[C@@H]2C(=O)N(c3ccccc3)C(=O)[C@@H]2[C@@H]1OC(C)(C)C. The molecule has 2 amide bonds. The van der Waals surface area contributed by atoms with Gasteiger partial charge in [0.05, 0.1) is 41.7 Å². The van der Waals surface area contributed by atoms with E-state index in [1.165, 1.54) is 4.90 Å². The number of imide groups is 1. The first-order valence-electron chi connectivity index (χ1n) is 11.1. The fourth-order valence-electron chi connectivity index (χ4n) is 4.62. The molecule has 1 aliphatic heterocycles. The maximum atomic E-state index is 13.9. The number of allylic oxidation sites excluding steroid dienone is 1. The highest BCUT2D eigenvalue weighted by Gasteiger charge is 2.62. The molecule has 1 aliphatic carbocycles. The maximum Gasteiger partial charge on any atom is 0.359 e. The average molecular weight is 464 g/mol. The second-order valence-electron chi connectivity index (χ2n) is 9.73. The van der Waals surface area contributed by atoms with Crippen molar-refractivity contribution in [2.75, 3.05) is 18.1 Å². The van der Waals surface area contributed by atoms with Gasteiger partial charge in [0.2, 0.25) is 11.8 Å². The van der Waals surface area contributed by atoms with Gasteiger partial charge in [-0.1, -0.05) is 38.1 Å². The Bertz CT molecular complexity index is 939. The second kappa shape index (κ2) is 8.86. The van der Waals surface area contributed by atoms with Crippen molar-refractivity contribution in [1.82, 2.24) is 0 Å². The Morgan fingerprint density at radius 1 is 1.00 bits per heavy atom. The number of anilines is 1. The number of para-hydroxylation sites is 1. The summed E-state index contributed by atoms with van der Waals surface area (Å²) < 4.78 is 31.5. The fraction of sp³-hybridized carbons (Fsp3) is 0.583. The van der Waals surface area contributed by atoms with Gasteiger partial charge in [-0.25, -0.2) is 4.90 Å². The van der Waals surface area contributed by atoms with Crippen molar-refractivity contribution < 1.29 is 27.9 Å². The number of hydrogen-bond acceptors (Lipinski definition) is 6. The zero-order valence-corrected chi connectivity index (χ0v) is 20.8. The molecule has 1 heterocycles. The van der Waals surface area contributed by atoms with Crippen LogP contribution in [0.2, 0.25) is 0 Å². The van der Waals surface area contributed by atoms with Gasteiger partial charge in [-0.2, -0.15) is 0 Å². The van der Waals surface area contributed by atoms with Gasteiger partial charge in [0.25, 0.3) is 0 Å². The standard InChI is InChI=1S/C24H34NO6P/c1-8-29-32(28,30-9-2)17-15-24(6,7)19-18(20(17)31-23(3,4)5)21(26)25(22(19)27)16-13-11-10-12-14-16/h10-15,18-20H,8-9H2,1-7H3/t18-,19-,20+/m0/s1. The number of hydrogen-bond donors (Lipinski definition) is 0. The molecule has 0 aromatic heterocycles. The largest absolute Gasteiger partial charge is 0.367 e. The fourth-order valence-corrected chi connectivity index (χ4v) is 6.69. The Morgan fingerprint density at radius 2 is 1.56 bits per heavy atom. The molecule has 2 aliphatic rings. The van der Waals surface area contributed by atoms with Crippen LogP contribution in [0.3, 0.4) is 0 Å². The van der Waals surface area contributed by atoms with Crippen molar-refractivity contribution in [1.29, 1.82) is 0 Å². The number of carbonyl (C=O) groups is 2. The lowest BCUT2D eigenvalue weighted by Crippen LogP contribution is -2.47. The van der Waals surface area contributed by atoms with Crippen LogP contribution in [0.4, 0.5) is 5.69 Å².